The first kappa shape index (κ1) is 14.8. The quantitative estimate of drug-likeness (QED) is 0.882. The maximum atomic E-state index is 12.5. The molecule has 0 fully saturated rings. The predicted molar refractivity (Wildman–Crippen MR) is 93.5 cm³/mol. The van der Waals surface area contributed by atoms with Crippen molar-refractivity contribution >= 4 is 17.2 Å². The fourth-order valence-electron chi connectivity index (χ4n) is 4.40. The molecule has 1 aromatic rings. The summed E-state index contributed by atoms with van der Waals surface area (Å²) in [6.07, 6.45) is 3.38. The molecule has 4 rings (SSSR count). The molecular weight excluding hydrogens is 286 g/mol. The van der Waals surface area contributed by atoms with Crippen molar-refractivity contribution in [2.24, 2.45) is 5.92 Å². The molecule has 23 heavy (non-hydrogen) atoms. The fraction of sp³-hybridized carbons (Fsp3) is 0.526. The Hall–Kier alpha value is -1.81. The highest BCUT2D eigenvalue weighted by Gasteiger charge is 2.40. The van der Waals surface area contributed by atoms with E-state index in [0.717, 1.165) is 19.5 Å². The molecule has 0 spiro atoms. The zero-order valence-electron chi connectivity index (χ0n) is 14.1. The van der Waals surface area contributed by atoms with Crippen molar-refractivity contribution in [3.63, 3.8) is 0 Å². The summed E-state index contributed by atoms with van der Waals surface area (Å²) in [7, 11) is 2.16. The number of carbonyl (C=O) groups is 1. The average Bonchev–Trinajstić information content (AvgIpc) is 2.92. The molecule has 1 aromatic carbocycles. The van der Waals surface area contributed by atoms with E-state index in [1.165, 1.54) is 22.4 Å². The molecule has 3 atom stereocenters. The van der Waals surface area contributed by atoms with Gasteiger partial charge in [0.2, 0.25) is 5.91 Å². The third kappa shape index (κ3) is 2.36. The van der Waals surface area contributed by atoms with Gasteiger partial charge in [-0.05, 0) is 50.1 Å². The Morgan fingerprint density at radius 3 is 3.00 bits per heavy atom. The lowest BCUT2D eigenvalue weighted by Crippen LogP contribution is -2.47. The highest BCUT2D eigenvalue weighted by molar-refractivity contribution is 5.87. The number of benzene rings is 1. The standard InChI is InChI=1S/C19H25N3O/c1-11(2)21-19(23)13-7-15-14-5-4-6-16-18(14)12(9-20-16)8-17(15)22(3)10-13/h4-7,11-13,17,20H,8-10H2,1-3H3,(H,21,23). The first-order valence-electron chi connectivity index (χ1n) is 8.64. The lowest BCUT2D eigenvalue weighted by Gasteiger charge is -2.42. The third-order valence-corrected chi connectivity index (χ3v) is 5.40. The van der Waals surface area contributed by atoms with Crippen molar-refractivity contribution in [3.05, 3.63) is 35.4 Å². The van der Waals surface area contributed by atoms with Crippen molar-refractivity contribution in [1.29, 1.82) is 0 Å². The smallest absolute Gasteiger partial charge is 0.228 e. The van der Waals surface area contributed by atoms with Gasteiger partial charge in [-0.15, -0.1) is 0 Å². The minimum absolute atomic E-state index is 0.0598. The SMILES string of the molecule is CC(C)NC(=O)C1C=C2c3cccc4c3C(CN4)CC2N(C)C1. The predicted octanol–water partition coefficient (Wildman–Crippen LogP) is 2.44. The van der Waals surface area contributed by atoms with E-state index in [1.807, 2.05) is 13.8 Å². The second-order valence-corrected chi connectivity index (χ2v) is 7.43. The molecule has 0 aromatic heterocycles. The van der Waals surface area contributed by atoms with Crippen LogP contribution in [0.4, 0.5) is 5.69 Å². The molecule has 2 aliphatic heterocycles. The summed E-state index contributed by atoms with van der Waals surface area (Å²) in [4.78, 5) is 14.9. The Morgan fingerprint density at radius 2 is 2.22 bits per heavy atom. The molecule has 1 aliphatic carbocycles. The fourth-order valence-corrected chi connectivity index (χ4v) is 4.40. The highest BCUT2D eigenvalue weighted by atomic mass is 16.1. The van der Waals surface area contributed by atoms with E-state index in [9.17, 15) is 4.79 Å². The minimum atomic E-state index is -0.0598. The molecule has 0 saturated carbocycles. The van der Waals surface area contributed by atoms with Crippen LogP contribution in [0.3, 0.4) is 0 Å². The van der Waals surface area contributed by atoms with Crippen molar-refractivity contribution in [1.82, 2.24) is 10.2 Å². The molecule has 3 aliphatic rings. The summed E-state index contributed by atoms with van der Waals surface area (Å²) in [5, 5.41) is 6.60. The zero-order chi connectivity index (χ0) is 16.1. The summed E-state index contributed by atoms with van der Waals surface area (Å²) < 4.78 is 0. The molecule has 2 heterocycles. The van der Waals surface area contributed by atoms with Gasteiger partial charge in [-0.3, -0.25) is 9.69 Å². The van der Waals surface area contributed by atoms with Gasteiger partial charge in [0.25, 0.3) is 0 Å². The molecule has 0 bridgehead atoms. The van der Waals surface area contributed by atoms with Gasteiger partial charge in [0.15, 0.2) is 0 Å². The Morgan fingerprint density at radius 1 is 1.39 bits per heavy atom. The number of anilines is 1. The largest absolute Gasteiger partial charge is 0.384 e. The molecular formula is C19H25N3O. The average molecular weight is 311 g/mol. The maximum Gasteiger partial charge on any atom is 0.228 e. The summed E-state index contributed by atoms with van der Waals surface area (Å²) in [5.74, 6) is 0.688. The van der Waals surface area contributed by atoms with Crippen LogP contribution in [0.25, 0.3) is 5.57 Å². The molecule has 2 N–H and O–H groups in total. The molecule has 0 radical (unpaired) electrons. The Labute approximate surface area is 137 Å². The van der Waals surface area contributed by atoms with Gasteiger partial charge in [0, 0.05) is 36.8 Å². The van der Waals surface area contributed by atoms with E-state index in [0.29, 0.717) is 12.0 Å². The molecule has 4 heteroatoms. The molecule has 4 nitrogen and oxygen atoms in total. The van der Waals surface area contributed by atoms with Crippen LogP contribution in [0, 0.1) is 5.92 Å². The van der Waals surface area contributed by atoms with Crippen molar-refractivity contribution in [2.45, 2.75) is 38.3 Å². The second kappa shape index (κ2) is 5.38. The second-order valence-electron chi connectivity index (χ2n) is 7.43. The first-order chi connectivity index (χ1) is 11.0. The number of rotatable bonds is 2. The topological polar surface area (TPSA) is 44.4 Å². The summed E-state index contributed by atoms with van der Waals surface area (Å²) in [5.41, 5.74) is 5.44. The van der Waals surface area contributed by atoms with Crippen LogP contribution in [0.2, 0.25) is 0 Å². The van der Waals surface area contributed by atoms with Crippen LogP contribution >= 0.6 is 0 Å². The number of hydrogen-bond donors (Lipinski definition) is 2. The monoisotopic (exact) mass is 311 g/mol. The number of amides is 1. The normalized spacial score (nSPS) is 28.7. The van der Waals surface area contributed by atoms with E-state index in [-0.39, 0.29) is 17.9 Å². The van der Waals surface area contributed by atoms with Crippen molar-refractivity contribution in [3.8, 4) is 0 Å². The molecule has 0 saturated heterocycles. The van der Waals surface area contributed by atoms with E-state index in [1.54, 1.807) is 0 Å². The summed E-state index contributed by atoms with van der Waals surface area (Å²) >= 11 is 0. The van der Waals surface area contributed by atoms with Crippen LogP contribution in [-0.4, -0.2) is 43.0 Å². The summed E-state index contributed by atoms with van der Waals surface area (Å²) in [6.45, 7) is 5.88. The number of hydrogen-bond acceptors (Lipinski definition) is 3. The van der Waals surface area contributed by atoms with E-state index >= 15 is 0 Å². The Balaban J connectivity index is 1.75. The number of fused-ring (bicyclic) bond motifs is 2. The van der Waals surface area contributed by atoms with Crippen LogP contribution in [-0.2, 0) is 4.79 Å². The van der Waals surface area contributed by atoms with Gasteiger partial charge >= 0.3 is 0 Å². The van der Waals surface area contributed by atoms with Crippen LogP contribution < -0.4 is 10.6 Å². The Bertz CT molecular complexity index is 679. The van der Waals surface area contributed by atoms with Gasteiger partial charge in [0.05, 0.1) is 5.92 Å². The molecule has 122 valence electrons. The molecule has 1 amide bonds. The summed E-state index contributed by atoms with van der Waals surface area (Å²) in [6, 6.07) is 7.16. The van der Waals surface area contributed by atoms with Crippen molar-refractivity contribution in [2.75, 3.05) is 25.5 Å². The van der Waals surface area contributed by atoms with E-state index < -0.39 is 0 Å². The van der Waals surface area contributed by atoms with Crippen LogP contribution in [0.5, 0.6) is 0 Å². The van der Waals surface area contributed by atoms with E-state index in [2.05, 4.69) is 46.9 Å². The van der Waals surface area contributed by atoms with Crippen molar-refractivity contribution < 1.29 is 4.79 Å². The number of carbonyl (C=O) groups excluding carboxylic acids is 1. The third-order valence-electron chi connectivity index (χ3n) is 5.40. The first-order valence-corrected chi connectivity index (χ1v) is 8.64. The van der Waals surface area contributed by atoms with E-state index in [4.69, 9.17) is 0 Å². The highest BCUT2D eigenvalue weighted by Crippen LogP contribution is 2.48. The minimum Gasteiger partial charge on any atom is -0.384 e. The Kier molecular flexibility index (Phi) is 3.45. The van der Waals surface area contributed by atoms with Gasteiger partial charge in [-0.2, -0.15) is 0 Å². The number of nitrogens with one attached hydrogen (secondary N) is 2. The van der Waals surface area contributed by atoms with Crippen LogP contribution in [0.1, 0.15) is 37.3 Å². The van der Waals surface area contributed by atoms with Gasteiger partial charge < -0.3 is 10.6 Å². The lowest BCUT2D eigenvalue weighted by atomic mass is 9.74. The zero-order valence-corrected chi connectivity index (χ0v) is 14.1. The van der Waals surface area contributed by atoms with Gasteiger partial charge in [-0.1, -0.05) is 18.2 Å². The molecule has 3 unspecified atom stereocenters. The van der Waals surface area contributed by atoms with Gasteiger partial charge in [-0.25, -0.2) is 0 Å². The lowest BCUT2D eigenvalue weighted by molar-refractivity contribution is -0.124. The number of nitrogens with zero attached hydrogens (tertiary/aromatic N) is 1. The maximum absolute atomic E-state index is 12.5. The number of likely N-dealkylation sites (N-methyl/N-ethyl adjacent to an activating group) is 1. The van der Waals surface area contributed by atoms with Crippen LogP contribution in [0.15, 0.2) is 24.3 Å². The van der Waals surface area contributed by atoms with Gasteiger partial charge in [0.1, 0.15) is 0 Å².